The Labute approximate surface area is 104 Å². The van der Waals surface area contributed by atoms with Gasteiger partial charge in [-0.15, -0.1) is 0 Å². The number of hydrogen-bond acceptors (Lipinski definition) is 4. The number of hydrogen-bond donors (Lipinski definition) is 4. The molecule has 0 aromatic heterocycles. The Hall–Kier alpha value is -1.92. The van der Waals surface area contributed by atoms with Gasteiger partial charge < -0.3 is 20.4 Å². The van der Waals surface area contributed by atoms with Gasteiger partial charge in [0.2, 0.25) is 0 Å². The van der Waals surface area contributed by atoms with Crippen LogP contribution in [-0.4, -0.2) is 45.1 Å². The molecule has 0 aliphatic heterocycles. The van der Waals surface area contributed by atoms with Gasteiger partial charge in [-0.05, 0) is 30.7 Å². The zero-order valence-electron chi connectivity index (χ0n) is 9.91. The minimum atomic E-state index is -1.06. The number of aliphatic hydroxyl groups excluding tert-OH is 2. The molecular formula is C12H16O6. The molecule has 0 saturated carbocycles. The normalized spacial score (nSPS) is 11.1. The molecule has 0 aliphatic carbocycles. The van der Waals surface area contributed by atoms with E-state index in [1.807, 2.05) is 6.92 Å². The van der Waals surface area contributed by atoms with Gasteiger partial charge in [-0.3, -0.25) is 0 Å². The average Bonchev–Trinajstić information content (AvgIpc) is 2.38. The highest BCUT2D eigenvalue weighted by atomic mass is 16.4. The Morgan fingerprint density at radius 1 is 1.06 bits per heavy atom. The fourth-order valence-corrected chi connectivity index (χ4v) is 0.884. The molecule has 0 heterocycles. The van der Waals surface area contributed by atoms with Crippen LogP contribution in [0, 0.1) is 0 Å². The van der Waals surface area contributed by atoms with Crippen molar-refractivity contribution in [3.8, 4) is 0 Å². The molecule has 4 N–H and O–H groups in total. The van der Waals surface area contributed by atoms with E-state index in [0.717, 1.165) is 0 Å². The summed E-state index contributed by atoms with van der Waals surface area (Å²) in [5, 5.41) is 33.4. The highest BCUT2D eigenvalue weighted by Gasteiger charge is 2.04. The van der Waals surface area contributed by atoms with Gasteiger partial charge in [-0.25, -0.2) is 9.59 Å². The predicted molar refractivity (Wildman–Crippen MR) is 63.7 cm³/mol. The topological polar surface area (TPSA) is 115 Å². The SMILES string of the molecule is CCC(O)CO.O=C(O)c1ccc(C(=O)O)cc1. The van der Waals surface area contributed by atoms with Gasteiger partial charge in [0, 0.05) is 0 Å². The van der Waals surface area contributed by atoms with Crippen LogP contribution in [0.15, 0.2) is 24.3 Å². The highest BCUT2D eigenvalue weighted by Crippen LogP contribution is 2.03. The monoisotopic (exact) mass is 256 g/mol. The zero-order chi connectivity index (χ0) is 14.1. The first kappa shape index (κ1) is 16.1. The maximum atomic E-state index is 10.3. The van der Waals surface area contributed by atoms with Crippen molar-refractivity contribution in [2.24, 2.45) is 0 Å². The Bertz CT molecular complexity index is 347. The minimum absolute atomic E-state index is 0.0833. The van der Waals surface area contributed by atoms with Crippen molar-refractivity contribution in [1.82, 2.24) is 0 Å². The van der Waals surface area contributed by atoms with E-state index in [1.165, 1.54) is 24.3 Å². The summed E-state index contributed by atoms with van der Waals surface area (Å²) >= 11 is 0. The van der Waals surface area contributed by atoms with Crippen LogP contribution in [-0.2, 0) is 0 Å². The van der Waals surface area contributed by atoms with Crippen molar-refractivity contribution in [1.29, 1.82) is 0 Å². The quantitative estimate of drug-likeness (QED) is 0.634. The zero-order valence-corrected chi connectivity index (χ0v) is 9.91. The van der Waals surface area contributed by atoms with E-state index in [2.05, 4.69) is 0 Å². The van der Waals surface area contributed by atoms with Crippen molar-refractivity contribution in [2.75, 3.05) is 6.61 Å². The van der Waals surface area contributed by atoms with Crippen LogP contribution in [0.1, 0.15) is 34.1 Å². The molecule has 1 aromatic rings. The second-order valence-electron chi connectivity index (χ2n) is 3.43. The molecule has 1 aromatic carbocycles. The van der Waals surface area contributed by atoms with E-state index in [1.54, 1.807) is 0 Å². The minimum Gasteiger partial charge on any atom is -0.478 e. The summed E-state index contributed by atoms with van der Waals surface area (Å²) in [4.78, 5) is 20.7. The first-order valence-corrected chi connectivity index (χ1v) is 5.27. The third-order valence-electron chi connectivity index (χ3n) is 2.06. The van der Waals surface area contributed by atoms with E-state index in [9.17, 15) is 9.59 Å². The lowest BCUT2D eigenvalue weighted by Gasteiger charge is -1.97. The standard InChI is InChI=1S/C8H6O4.C4H10O2/c9-7(10)5-1-2-6(4-3-5)8(11)12;1-2-4(6)3-5/h1-4H,(H,9,10)(H,11,12);4-6H,2-3H2,1H3. The van der Waals surface area contributed by atoms with Crippen LogP contribution in [0.2, 0.25) is 0 Å². The number of carboxylic acid groups (broad SMARTS) is 2. The maximum Gasteiger partial charge on any atom is 0.335 e. The van der Waals surface area contributed by atoms with Crippen molar-refractivity contribution >= 4 is 11.9 Å². The Morgan fingerprint density at radius 2 is 1.39 bits per heavy atom. The summed E-state index contributed by atoms with van der Waals surface area (Å²) in [5.74, 6) is -2.13. The van der Waals surface area contributed by atoms with E-state index >= 15 is 0 Å². The Kier molecular flexibility index (Phi) is 7.34. The molecule has 6 nitrogen and oxygen atoms in total. The lowest BCUT2D eigenvalue weighted by molar-refractivity contribution is 0.0681. The highest BCUT2D eigenvalue weighted by molar-refractivity contribution is 5.91. The summed E-state index contributed by atoms with van der Waals surface area (Å²) in [7, 11) is 0. The number of rotatable bonds is 4. The van der Waals surface area contributed by atoms with E-state index < -0.39 is 18.0 Å². The van der Waals surface area contributed by atoms with Gasteiger partial charge in [-0.2, -0.15) is 0 Å². The molecule has 6 heteroatoms. The van der Waals surface area contributed by atoms with Crippen molar-refractivity contribution < 1.29 is 30.0 Å². The van der Waals surface area contributed by atoms with Crippen LogP contribution in [0.25, 0.3) is 0 Å². The molecule has 1 unspecified atom stereocenters. The summed E-state index contributed by atoms with van der Waals surface area (Å²) in [5.41, 5.74) is 0.167. The van der Waals surface area contributed by atoms with Gasteiger partial charge in [0.1, 0.15) is 0 Å². The molecule has 0 radical (unpaired) electrons. The Balaban J connectivity index is 0.000000411. The third kappa shape index (κ3) is 5.97. The Morgan fingerprint density at radius 3 is 1.50 bits per heavy atom. The van der Waals surface area contributed by atoms with E-state index in [0.29, 0.717) is 6.42 Å². The van der Waals surface area contributed by atoms with Crippen LogP contribution < -0.4 is 0 Å². The second-order valence-corrected chi connectivity index (χ2v) is 3.43. The number of aliphatic hydroxyl groups is 2. The van der Waals surface area contributed by atoms with E-state index in [-0.39, 0.29) is 17.7 Å². The van der Waals surface area contributed by atoms with Gasteiger partial charge in [0.05, 0.1) is 23.8 Å². The predicted octanol–water partition coefficient (Wildman–Crippen LogP) is 0.833. The fraction of sp³-hybridized carbons (Fsp3) is 0.333. The maximum absolute atomic E-state index is 10.3. The number of aromatic carboxylic acids is 2. The summed E-state index contributed by atoms with van der Waals surface area (Å²) in [6.45, 7) is 1.71. The summed E-state index contributed by atoms with van der Waals surface area (Å²) < 4.78 is 0. The van der Waals surface area contributed by atoms with Gasteiger partial charge in [0.15, 0.2) is 0 Å². The van der Waals surface area contributed by atoms with Crippen molar-refractivity contribution in [2.45, 2.75) is 19.4 Å². The van der Waals surface area contributed by atoms with Gasteiger partial charge in [-0.1, -0.05) is 6.92 Å². The van der Waals surface area contributed by atoms with E-state index in [4.69, 9.17) is 20.4 Å². The molecule has 100 valence electrons. The number of benzene rings is 1. The van der Waals surface area contributed by atoms with Gasteiger partial charge >= 0.3 is 11.9 Å². The summed E-state index contributed by atoms with van der Waals surface area (Å²) in [6.07, 6.45) is 0.126. The van der Waals surface area contributed by atoms with Crippen LogP contribution in [0.4, 0.5) is 0 Å². The van der Waals surface area contributed by atoms with Crippen LogP contribution in [0.3, 0.4) is 0 Å². The van der Waals surface area contributed by atoms with Crippen LogP contribution in [0.5, 0.6) is 0 Å². The lowest BCUT2D eigenvalue weighted by Crippen LogP contribution is -2.08. The lowest BCUT2D eigenvalue weighted by atomic mass is 10.1. The second kappa shape index (κ2) is 8.21. The molecule has 0 spiro atoms. The molecule has 0 fully saturated rings. The first-order chi connectivity index (χ1) is 8.42. The first-order valence-electron chi connectivity index (χ1n) is 5.27. The average molecular weight is 256 g/mol. The smallest absolute Gasteiger partial charge is 0.335 e. The molecule has 0 aliphatic rings. The van der Waals surface area contributed by atoms with Crippen molar-refractivity contribution in [3.63, 3.8) is 0 Å². The summed E-state index contributed by atoms with van der Waals surface area (Å²) in [6, 6.07) is 5.02. The van der Waals surface area contributed by atoms with Crippen LogP contribution >= 0.6 is 0 Å². The molecule has 18 heavy (non-hydrogen) atoms. The molecular weight excluding hydrogens is 240 g/mol. The molecule has 0 bridgehead atoms. The molecule has 1 atom stereocenters. The number of carboxylic acids is 2. The number of carbonyl (C=O) groups is 2. The van der Waals surface area contributed by atoms with Crippen molar-refractivity contribution in [3.05, 3.63) is 35.4 Å². The fourth-order valence-electron chi connectivity index (χ4n) is 0.884. The molecule has 0 saturated heterocycles. The third-order valence-corrected chi connectivity index (χ3v) is 2.06. The molecule has 0 amide bonds. The van der Waals surface area contributed by atoms with Gasteiger partial charge in [0.25, 0.3) is 0 Å². The largest absolute Gasteiger partial charge is 0.478 e. The molecule has 1 rings (SSSR count).